The van der Waals surface area contributed by atoms with Crippen LogP contribution in [0, 0.1) is 0 Å². The quantitative estimate of drug-likeness (QED) is 0.178. The largest absolute Gasteiger partial charge is 0.456 e. The second-order valence-electron chi connectivity index (χ2n) is 16.1. The van der Waals surface area contributed by atoms with Gasteiger partial charge in [0.2, 0.25) is 0 Å². The Bertz CT molecular complexity index is 3580. The van der Waals surface area contributed by atoms with Crippen LogP contribution >= 0.6 is 0 Å². The van der Waals surface area contributed by atoms with Crippen LogP contribution in [-0.4, -0.2) is 19.9 Å². The summed E-state index contributed by atoms with van der Waals surface area (Å²) in [6.07, 6.45) is 3.72. The fourth-order valence-corrected chi connectivity index (χ4v) is 10.1. The molecular weight excluding hydrogens is 757 g/mol. The maximum atomic E-state index is 6.69. The minimum atomic E-state index is -0.721. The summed E-state index contributed by atoms with van der Waals surface area (Å²) in [5, 5.41) is 2.23. The van der Waals surface area contributed by atoms with Crippen molar-refractivity contribution in [3.8, 4) is 78.7 Å². The molecule has 0 aliphatic heterocycles. The molecule has 3 aromatic heterocycles. The van der Waals surface area contributed by atoms with Crippen molar-refractivity contribution in [1.29, 1.82) is 0 Å². The monoisotopic (exact) mass is 790 g/mol. The number of aromatic nitrogens is 4. The Morgan fingerprint density at radius 3 is 1.58 bits per heavy atom. The maximum absolute atomic E-state index is 6.69. The first-order chi connectivity index (χ1) is 30.7. The van der Waals surface area contributed by atoms with Crippen LogP contribution in [0.3, 0.4) is 0 Å². The SMILES string of the molecule is c1ccc(-c2cc(-c3cnc(-c4ccccc4)nc3)nc(-c3ccc4c(c3)C3(c5ccccc5-c5ccccc5-4)c4ccccc4-c4cc5c(cc43)oc3ccccc35)n2)cc1. The molecule has 288 valence electrons. The molecule has 0 radical (unpaired) electrons. The number of para-hydroxylation sites is 1. The van der Waals surface area contributed by atoms with E-state index in [1.54, 1.807) is 0 Å². The summed E-state index contributed by atoms with van der Waals surface area (Å²) in [5.74, 6) is 1.29. The topological polar surface area (TPSA) is 64.7 Å². The highest BCUT2D eigenvalue weighted by atomic mass is 16.3. The minimum Gasteiger partial charge on any atom is -0.456 e. The zero-order valence-electron chi connectivity index (χ0n) is 33.3. The summed E-state index contributed by atoms with van der Waals surface area (Å²) in [6, 6.07) is 69.0. The summed E-state index contributed by atoms with van der Waals surface area (Å²) in [5.41, 5.74) is 18.3. The molecule has 0 bridgehead atoms. The Hall–Kier alpha value is -8.28. The Balaban J connectivity index is 1.10. The number of rotatable bonds is 4. The summed E-state index contributed by atoms with van der Waals surface area (Å²) in [6.45, 7) is 0. The molecule has 3 heterocycles. The van der Waals surface area contributed by atoms with Crippen LogP contribution in [0.25, 0.3) is 101 Å². The van der Waals surface area contributed by atoms with E-state index in [9.17, 15) is 0 Å². The molecule has 0 amide bonds. The van der Waals surface area contributed by atoms with Crippen LogP contribution < -0.4 is 0 Å². The van der Waals surface area contributed by atoms with Gasteiger partial charge in [-0.25, -0.2) is 19.9 Å². The molecule has 8 aromatic carbocycles. The number of nitrogens with zero attached hydrogens (tertiary/aromatic N) is 4. The Labute approximate surface area is 357 Å². The molecule has 13 rings (SSSR count). The van der Waals surface area contributed by atoms with Crippen molar-refractivity contribution in [2.24, 2.45) is 0 Å². The number of hydrogen-bond donors (Lipinski definition) is 0. The second kappa shape index (κ2) is 13.4. The summed E-state index contributed by atoms with van der Waals surface area (Å²) >= 11 is 0. The normalized spacial score (nSPS) is 14.5. The zero-order chi connectivity index (χ0) is 40.8. The third-order valence-corrected chi connectivity index (χ3v) is 12.8. The van der Waals surface area contributed by atoms with Crippen molar-refractivity contribution < 1.29 is 4.42 Å². The van der Waals surface area contributed by atoms with Crippen LogP contribution in [0.15, 0.2) is 211 Å². The lowest BCUT2D eigenvalue weighted by molar-refractivity contribution is 0.666. The smallest absolute Gasteiger partial charge is 0.160 e. The van der Waals surface area contributed by atoms with Crippen LogP contribution in [0.5, 0.6) is 0 Å². The van der Waals surface area contributed by atoms with Gasteiger partial charge < -0.3 is 4.42 Å². The van der Waals surface area contributed by atoms with Crippen molar-refractivity contribution in [2.75, 3.05) is 0 Å². The second-order valence-corrected chi connectivity index (χ2v) is 16.1. The molecule has 1 atom stereocenters. The minimum absolute atomic E-state index is 0.622. The summed E-state index contributed by atoms with van der Waals surface area (Å²) in [4.78, 5) is 20.2. The first-order valence-electron chi connectivity index (χ1n) is 20.9. The Kier molecular flexibility index (Phi) is 7.45. The third kappa shape index (κ3) is 5.02. The van der Waals surface area contributed by atoms with Crippen molar-refractivity contribution in [3.63, 3.8) is 0 Å². The molecule has 62 heavy (non-hydrogen) atoms. The van der Waals surface area contributed by atoms with E-state index in [2.05, 4.69) is 133 Å². The molecule has 5 heteroatoms. The number of furan rings is 1. The predicted octanol–water partition coefficient (Wildman–Crippen LogP) is 13.8. The van der Waals surface area contributed by atoms with E-state index in [0.29, 0.717) is 11.6 Å². The molecule has 2 aliphatic carbocycles. The van der Waals surface area contributed by atoms with Gasteiger partial charge in [-0.1, -0.05) is 164 Å². The highest BCUT2D eigenvalue weighted by Crippen LogP contribution is 2.62. The fraction of sp³-hybridized carbons (Fsp3) is 0.0175. The van der Waals surface area contributed by atoms with E-state index in [1.165, 1.54) is 50.1 Å². The highest BCUT2D eigenvalue weighted by Gasteiger charge is 2.50. The molecule has 2 aliphatic rings. The van der Waals surface area contributed by atoms with Crippen molar-refractivity contribution in [2.45, 2.75) is 5.41 Å². The average Bonchev–Trinajstić information content (AvgIpc) is 3.82. The highest BCUT2D eigenvalue weighted by molar-refractivity contribution is 6.09. The first kappa shape index (κ1) is 34.6. The molecule has 1 spiro atoms. The van der Waals surface area contributed by atoms with E-state index in [0.717, 1.165) is 61.1 Å². The molecule has 0 N–H and O–H groups in total. The van der Waals surface area contributed by atoms with Gasteiger partial charge >= 0.3 is 0 Å². The predicted molar refractivity (Wildman–Crippen MR) is 248 cm³/mol. The van der Waals surface area contributed by atoms with E-state index in [1.807, 2.05) is 73.1 Å². The van der Waals surface area contributed by atoms with Crippen molar-refractivity contribution >= 4 is 21.9 Å². The summed E-state index contributed by atoms with van der Waals surface area (Å²) in [7, 11) is 0. The first-order valence-corrected chi connectivity index (χ1v) is 20.9. The van der Waals surface area contributed by atoms with Crippen LogP contribution in [-0.2, 0) is 5.41 Å². The van der Waals surface area contributed by atoms with Gasteiger partial charge in [0.15, 0.2) is 11.6 Å². The van der Waals surface area contributed by atoms with Crippen LogP contribution in [0.4, 0.5) is 0 Å². The molecule has 0 saturated carbocycles. The zero-order valence-corrected chi connectivity index (χ0v) is 33.3. The number of fused-ring (bicyclic) bond motifs is 15. The third-order valence-electron chi connectivity index (χ3n) is 12.8. The molecule has 5 nitrogen and oxygen atoms in total. The lowest BCUT2D eigenvalue weighted by atomic mass is 9.65. The van der Waals surface area contributed by atoms with Crippen molar-refractivity contribution in [1.82, 2.24) is 19.9 Å². The van der Waals surface area contributed by atoms with E-state index < -0.39 is 5.41 Å². The van der Waals surface area contributed by atoms with E-state index >= 15 is 0 Å². The lowest BCUT2D eigenvalue weighted by Crippen LogP contribution is -2.29. The van der Waals surface area contributed by atoms with E-state index in [-0.39, 0.29) is 0 Å². The number of benzene rings is 8. The van der Waals surface area contributed by atoms with Gasteiger partial charge in [-0.2, -0.15) is 0 Å². The van der Waals surface area contributed by atoms with Crippen molar-refractivity contribution in [3.05, 3.63) is 229 Å². The lowest BCUT2D eigenvalue weighted by Gasteiger charge is -2.35. The average molecular weight is 791 g/mol. The summed E-state index contributed by atoms with van der Waals surface area (Å²) < 4.78 is 6.69. The van der Waals surface area contributed by atoms with Crippen LogP contribution in [0.2, 0.25) is 0 Å². The Morgan fingerprint density at radius 2 is 0.871 bits per heavy atom. The fourth-order valence-electron chi connectivity index (χ4n) is 10.1. The Morgan fingerprint density at radius 1 is 0.323 bits per heavy atom. The van der Waals surface area contributed by atoms with Gasteiger partial charge in [-0.15, -0.1) is 0 Å². The van der Waals surface area contributed by atoms with Gasteiger partial charge in [0.1, 0.15) is 11.2 Å². The van der Waals surface area contributed by atoms with Gasteiger partial charge in [-0.05, 0) is 86.0 Å². The standard InChI is InChI=1S/C57H34N4O/c1-3-15-35(16-4-1)51-32-52(38-33-58-55(59-34-38)36-17-5-2-6-18-36)61-56(60-51)37-27-28-43-40-20-8-7-19-39(40)41-21-9-12-24-47(41)57(49(43)29-37)48-25-13-10-22-42(48)45-30-46-44-23-11-14-26-53(44)62-54(46)31-50(45)57/h1-34H. The molecule has 11 aromatic rings. The van der Waals surface area contributed by atoms with Gasteiger partial charge in [-0.3, -0.25) is 0 Å². The van der Waals surface area contributed by atoms with Gasteiger partial charge in [0.05, 0.1) is 16.8 Å². The molecular formula is C57H34N4O. The molecule has 1 unspecified atom stereocenters. The van der Waals surface area contributed by atoms with Gasteiger partial charge in [0.25, 0.3) is 0 Å². The number of hydrogen-bond acceptors (Lipinski definition) is 5. The maximum Gasteiger partial charge on any atom is 0.160 e. The van der Waals surface area contributed by atoms with Gasteiger partial charge in [0, 0.05) is 45.4 Å². The molecule has 0 fully saturated rings. The van der Waals surface area contributed by atoms with E-state index in [4.69, 9.17) is 24.4 Å². The molecule has 0 saturated heterocycles. The van der Waals surface area contributed by atoms with Crippen LogP contribution in [0.1, 0.15) is 22.3 Å².